The molecule has 0 aliphatic carbocycles. The number of fused-ring (bicyclic) bond motifs is 1. The Kier molecular flexibility index (Phi) is 6.60. The van der Waals surface area contributed by atoms with Gasteiger partial charge in [-0.3, -0.25) is 0 Å². The molecule has 1 atom stereocenters. The van der Waals surface area contributed by atoms with Crippen molar-refractivity contribution in [3.63, 3.8) is 0 Å². The summed E-state index contributed by atoms with van der Waals surface area (Å²) < 4.78 is 4.93. The van der Waals surface area contributed by atoms with E-state index in [0.717, 1.165) is 35.5 Å². The number of benzene rings is 2. The van der Waals surface area contributed by atoms with Gasteiger partial charge in [-0.15, -0.1) is 0 Å². The third-order valence-electron chi connectivity index (χ3n) is 4.63. The molecule has 2 N–H and O–H groups in total. The lowest BCUT2D eigenvalue weighted by atomic mass is 9.84. The Morgan fingerprint density at radius 2 is 2.11 bits per heavy atom. The number of anilines is 1. The van der Waals surface area contributed by atoms with Gasteiger partial charge >= 0.3 is 6.03 Å². The third-order valence-corrected chi connectivity index (χ3v) is 5.19. The van der Waals surface area contributed by atoms with Gasteiger partial charge in [-0.2, -0.15) is 0 Å². The predicted octanol–water partition coefficient (Wildman–Crippen LogP) is 4.34. The lowest BCUT2D eigenvalue weighted by molar-refractivity contribution is 0.198. The van der Waals surface area contributed by atoms with E-state index in [2.05, 4.69) is 28.6 Å². The van der Waals surface area contributed by atoms with Gasteiger partial charge in [0, 0.05) is 48.4 Å². The molecule has 2 amide bonds. The van der Waals surface area contributed by atoms with Crippen LogP contribution in [0.4, 0.5) is 10.5 Å². The Labute approximate surface area is 169 Å². The first-order valence-corrected chi connectivity index (χ1v) is 9.53. The lowest BCUT2D eigenvalue weighted by Crippen LogP contribution is -2.32. The van der Waals surface area contributed by atoms with E-state index in [1.54, 1.807) is 13.2 Å². The summed E-state index contributed by atoms with van der Waals surface area (Å²) in [6, 6.07) is 11.4. The normalized spacial score (nSPS) is 16.7. The first-order valence-electron chi connectivity index (χ1n) is 8.78. The lowest BCUT2D eigenvalue weighted by Gasteiger charge is -2.33. The van der Waals surface area contributed by atoms with E-state index in [1.807, 2.05) is 24.3 Å². The number of urea groups is 1. The highest BCUT2D eigenvalue weighted by Crippen LogP contribution is 2.38. The summed E-state index contributed by atoms with van der Waals surface area (Å²) in [6.45, 7) is 2.58. The van der Waals surface area contributed by atoms with E-state index in [0.29, 0.717) is 23.2 Å². The van der Waals surface area contributed by atoms with Gasteiger partial charge in [0.2, 0.25) is 0 Å². The average Bonchev–Trinajstić information content (AvgIpc) is 2.62. The largest absolute Gasteiger partial charge is 0.383 e. The Hall–Kier alpha value is -1.79. The van der Waals surface area contributed by atoms with Crippen LogP contribution in [0.25, 0.3) is 0 Å². The van der Waals surface area contributed by atoms with E-state index in [9.17, 15) is 4.79 Å². The number of likely N-dealkylation sites (N-methyl/N-ethyl adjacent to an activating group) is 1. The minimum absolute atomic E-state index is 0.133. The number of hydrogen-bond acceptors (Lipinski definition) is 3. The maximum absolute atomic E-state index is 12.0. The summed E-state index contributed by atoms with van der Waals surface area (Å²) in [5.41, 5.74) is 4.10. The summed E-state index contributed by atoms with van der Waals surface area (Å²) in [4.78, 5) is 14.2. The molecule has 1 heterocycles. The molecule has 0 bridgehead atoms. The van der Waals surface area contributed by atoms with Crippen molar-refractivity contribution >= 4 is 34.9 Å². The SMILES string of the molecule is COCCNC(=O)Nc1cccc(C2CN(C)Cc3c(Cl)cc(Cl)cc32)c1. The van der Waals surface area contributed by atoms with Crippen molar-refractivity contribution in [1.82, 2.24) is 10.2 Å². The molecule has 7 heteroatoms. The van der Waals surface area contributed by atoms with Crippen molar-refractivity contribution in [3.05, 3.63) is 63.1 Å². The molecule has 1 aliphatic heterocycles. The van der Waals surface area contributed by atoms with Crippen LogP contribution in [0.1, 0.15) is 22.6 Å². The Balaban J connectivity index is 1.84. The minimum Gasteiger partial charge on any atom is -0.383 e. The van der Waals surface area contributed by atoms with Crippen LogP contribution in [0, 0.1) is 0 Å². The molecular formula is C20H23Cl2N3O2. The molecule has 2 aromatic rings. The average molecular weight is 408 g/mol. The number of ether oxygens (including phenoxy) is 1. The van der Waals surface area contributed by atoms with Crippen molar-refractivity contribution in [2.45, 2.75) is 12.5 Å². The van der Waals surface area contributed by atoms with Gasteiger partial charge in [-0.25, -0.2) is 4.79 Å². The molecular weight excluding hydrogens is 385 g/mol. The number of nitrogens with one attached hydrogen (secondary N) is 2. The number of amides is 2. The van der Waals surface area contributed by atoms with Crippen LogP contribution in [0.3, 0.4) is 0 Å². The molecule has 1 unspecified atom stereocenters. The van der Waals surface area contributed by atoms with Crippen LogP contribution >= 0.6 is 23.2 Å². The highest BCUT2D eigenvalue weighted by atomic mass is 35.5. The first-order chi connectivity index (χ1) is 13.0. The summed E-state index contributed by atoms with van der Waals surface area (Å²) in [7, 11) is 3.67. The molecule has 0 saturated heterocycles. The summed E-state index contributed by atoms with van der Waals surface area (Å²) in [5.74, 6) is 0.133. The van der Waals surface area contributed by atoms with Crippen LogP contribution in [0.2, 0.25) is 10.0 Å². The van der Waals surface area contributed by atoms with E-state index in [4.69, 9.17) is 27.9 Å². The maximum Gasteiger partial charge on any atom is 0.319 e. The van der Waals surface area contributed by atoms with Gasteiger partial charge in [0.1, 0.15) is 0 Å². The van der Waals surface area contributed by atoms with Crippen LogP contribution in [0.5, 0.6) is 0 Å². The van der Waals surface area contributed by atoms with Crippen molar-refractivity contribution in [2.75, 3.05) is 39.2 Å². The molecule has 144 valence electrons. The van der Waals surface area contributed by atoms with Crippen molar-refractivity contribution in [1.29, 1.82) is 0 Å². The second kappa shape index (κ2) is 8.93. The number of carbonyl (C=O) groups is 1. The van der Waals surface area contributed by atoms with Crippen LogP contribution in [-0.4, -0.2) is 44.8 Å². The number of nitrogens with zero attached hydrogens (tertiary/aromatic N) is 1. The summed E-state index contributed by atoms with van der Waals surface area (Å²) in [6.07, 6.45) is 0. The fourth-order valence-corrected chi connectivity index (χ4v) is 3.97. The summed E-state index contributed by atoms with van der Waals surface area (Å²) >= 11 is 12.7. The van der Waals surface area contributed by atoms with Gasteiger partial charge in [-0.05, 0) is 48.0 Å². The minimum atomic E-state index is -0.253. The third kappa shape index (κ3) is 4.93. The molecule has 0 aromatic heterocycles. The summed E-state index contributed by atoms with van der Waals surface area (Å²) in [5, 5.41) is 6.95. The fraction of sp³-hybridized carbons (Fsp3) is 0.350. The zero-order chi connectivity index (χ0) is 19.4. The molecule has 2 aromatic carbocycles. The molecule has 1 aliphatic rings. The topological polar surface area (TPSA) is 53.6 Å². The quantitative estimate of drug-likeness (QED) is 0.724. The fourth-order valence-electron chi connectivity index (χ4n) is 3.41. The second-order valence-electron chi connectivity index (χ2n) is 6.70. The number of rotatable bonds is 5. The number of methoxy groups -OCH3 is 1. The first kappa shape index (κ1) is 20.0. The standard InChI is InChI=1S/C20H23Cl2N3O2/c1-25-11-17(16-9-14(21)10-19(22)18(16)12-25)13-4-3-5-15(8-13)24-20(26)23-6-7-27-2/h3-5,8-10,17H,6-7,11-12H2,1-2H3,(H2,23,24,26). The molecule has 0 saturated carbocycles. The molecule has 5 nitrogen and oxygen atoms in total. The van der Waals surface area contributed by atoms with Gasteiger partial charge in [0.15, 0.2) is 0 Å². The number of halogens is 2. The predicted molar refractivity (Wildman–Crippen MR) is 110 cm³/mol. The number of hydrogen-bond donors (Lipinski definition) is 2. The molecule has 3 rings (SSSR count). The zero-order valence-electron chi connectivity index (χ0n) is 15.4. The number of carbonyl (C=O) groups excluding carboxylic acids is 1. The van der Waals surface area contributed by atoms with E-state index in [1.165, 1.54) is 0 Å². The monoisotopic (exact) mass is 407 g/mol. The smallest absolute Gasteiger partial charge is 0.319 e. The van der Waals surface area contributed by atoms with Gasteiger partial charge in [0.25, 0.3) is 0 Å². The van der Waals surface area contributed by atoms with Gasteiger partial charge in [0.05, 0.1) is 6.61 Å². The van der Waals surface area contributed by atoms with Crippen LogP contribution < -0.4 is 10.6 Å². The Bertz CT molecular complexity index is 829. The van der Waals surface area contributed by atoms with E-state index < -0.39 is 0 Å². The van der Waals surface area contributed by atoms with Gasteiger partial charge in [-0.1, -0.05) is 35.3 Å². The van der Waals surface area contributed by atoms with E-state index in [-0.39, 0.29) is 11.9 Å². The molecule has 0 radical (unpaired) electrons. The zero-order valence-corrected chi connectivity index (χ0v) is 16.9. The van der Waals surface area contributed by atoms with Crippen LogP contribution in [0.15, 0.2) is 36.4 Å². The van der Waals surface area contributed by atoms with Gasteiger partial charge < -0.3 is 20.3 Å². The molecule has 27 heavy (non-hydrogen) atoms. The van der Waals surface area contributed by atoms with Crippen molar-refractivity contribution < 1.29 is 9.53 Å². The highest BCUT2D eigenvalue weighted by Gasteiger charge is 2.27. The Morgan fingerprint density at radius 1 is 1.30 bits per heavy atom. The van der Waals surface area contributed by atoms with E-state index >= 15 is 0 Å². The van der Waals surface area contributed by atoms with Crippen LogP contribution in [-0.2, 0) is 11.3 Å². The maximum atomic E-state index is 12.0. The highest BCUT2D eigenvalue weighted by molar-refractivity contribution is 6.35. The second-order valence-corrected chi connectivity index (χ2v) is 7.55. The Morgan fingerprint density at radius 3 is 2.89 bits per heavy atom. The van der Waals surface area contributed by atoms with Crippen molar-refractivity contribution in [3.8, 4) is 0 Å². The molecule has 0 spiro atoms. The van der Waals surface area contributed by atoms with Crippen molar-refractivity contribution in [2.24, 2.45) is 0 Å². The molecule has 0 fully saturated rings.